The molecule has 0 radical (unpaired) electrons. The maximum absolute atomic E-state index is 12.8. The van der Waals surface area contributed by atoms with Gasteiger partial charge in [0.05, 0.1) is 0 Å². The number of nitrogens with one attached hydrogen (secondary N) is 1. The van der Waals surface area contributed by atoms with Gasteiger partial charge >= 0.3 is 6.01 Å². The minimum atomic E-state index is -0.335. The van der Waals surface area contributed by atoms with E-state index in [0.717, 1.165) is 0 Å². The largest absolute Gasteiger partial charge is 0.494 e. The molecule has 1 saturated heterocycles. The van der Waals surface area contributed by atoms with Gasteiger partial charge < -0.3 is 29.1 Å². The van der Waals surface area contributed by atoms with E-state index in [1.165, 1.54) is 6.26 Å². The first-order chi connectivity index (χ1) is 15.5. The van der Waals surface area contributed by atoms with E-state index in [4.69, 9.17) is 37.2 Å². The van der Waals surface area contributed by atoms with Crippen LogP contribution in [0.1, 0.15) is 6.42 Å². The lowest BCUT2D eigenvalue weighted by atomic mass is 10.2. The number of hydrogen-bond donors (Lipinski definition) is 1. The Morgan fingerprint density at radius 3 is 2.62 bits per heavy atom. The van der Waals surface area contributed by atoms with E-state index in [2.05, 4.69) is 15.5 Å². The second kappa shape index (κ2) is 10.1. The van der Waals surface area contributed by atoms with Gasteiger partial charge in [-0.15, -0.1) is 0 Å². The number of benzene rings is 1. The molecular weight excluding hydrogens is 461 g/mol. The summed E-state index contributed by atoms with van der Waals surface area (Å²) < 4.78 is 16.0. The van der Waals surface area contributed by atoms with E-state index < -0.39 is 0 Å². The predicted molar refractivity (Wildman–Crippen MR) is 116 cm³/mol. The van der Waals surface area contributed by atoms with Crippen molar-refractivity contribution in [2.45, 2.75) is 6.42 Å². The Hall–Kier alpha value is -2.98. The van der Waals surface area contributed by atoms with Crippen molar-refractivity contribution in [3.63, 3.8) is 0 Å². The molecule has 0 bridgehead atoms. The summed E-state index contributed by atoms with van der Waals surface area (Å²) in [5.74, 6) is -0.0356. The highest BCUT2D eigenvalue weighted by Gasteiger charge is 2.25. The van der Waals surface area contributed by atoms with E-state index in [9.17, 15) is 9.59 Å². The quantitative estimate of drug-likeness (QED) is 0.709. The summed E-state index contributed by atoms with van der Waals surface area (Å²) in [7, 11) is 0. The fourth-order valence-electron chi connectivity index (χ4n) is 3.30. The van der Waals surface area contributed by atoms with E-state index in [-0.39, 0.29) is 36.6 Å². The maximum Gasteiger partial charge on any atom is 0.324 e. The highest BCUT2D eigenvalue weighted by Crippen LogP contribution is 2.27. The average molecular weight is 482 g/mol. The van der Waals surface area contributed by atoms with Gasteiger partial charge in [0.1, 0.15) is 19.5 Å². The fourth-order valence-corrected chi connectivity index (χ4v) is 3.82. The van der Waals surface area contributed by atoms with Crippen LogP contribution in [0.2, 0.25) is 10.0 Å². The molecule has 4 rings (SSSR count). The van der Waals surface area contributed by atoms with Gasteiger partial charge in [-0.05, 0) is 18.2 Å². The topological polar surface area (TPSA) is 110 Å². The molecular formula is C20H21Cl2N5O5. The van der Waals surface area contributed by atoms with Crippen LogP contribution < -0.4 is 10.2 Å². The van der Waals surface area contributed by atoms with E-state index >= 15 is 0 Å². The third-order valence-electron chi connectivity index (χ3n) is 4.91. The van der Waals surface area contributed by atoms with Crippen LogP contribution in [0.5, 0.6) is 0 Å². The number of anilines is 1. The van der Waals surface area contributed by atoms with Crippen molar-refractivity contribution in [1.29, 1.82) is 0 Å². The van der Waals surface area contributed by atoms with Crippen LogP contribution in [0.3, 0.4) is 0 Å². The Bertz CT molecular complexity index is 1010. The molecule has 2 aliphatic heterocycles. The Kier molecular flexibility index (Phi) is 7.01. The summed E-state index contributed by atoms with van der Waals surface area (Å²) in [4.78, 5) is 32.8. The number of carbonyl (C=O) groups excluding carboxylic acids is 2. The number of aromatic nitrogens is 2. The van der Waals surface area contributed by atoms with E-state index in [1.54, 1.807) is 28.0 Å². The molecule has 0 aliphatic carbocycles. The van der Waals surface area contributed by atoms with Crippen molar-refractivity contribution in [2.75, 3.05) is 50.8 Å². The fraction of sp³-hybridized carbons (Fsp3) is 0.400. The van der Waals surface area contributed by atoms with Gasteiger partial charge in [-0.1, -0.05) is 28.4 Å². The molecule has 0 spiro atoms. The van der Waals surface area contributed by atoms with Gasteiger partial charge in [0.2, 0.25) is 17.5 Å². The van der Waals surface area contributed by atoms with Crippen LogP contribution in [0.25, 0.3) is 11.4 Å². The van der Waals surface area contributed by atoms with Gasteiger partial charge in [-0.2, -0.15) is 4.98 Å². The van der Waals surface area contributed by atoms with Crippen LogP contribution in [0, 0.1) is 0 Å². The second-order valence-electron chi connectivity index (χ2n) is 7.14. The van der Waals surface area contributed by atoms with Crippen LogP contribution in [-0.2, 0) is 19.1 Å². The van der Waals surface area contributed by atoms with Crippen molar-refractivity contribution in [3.8, 4) is 11.4 Å². The number of carbonyl (C=O) groups is 2. The molecule has 0 unspecified atom stereocenters. The average Bonchev–Trinajstić information content (AvgIpc) is 3.28. The number of halogens is 2. The molecule has 1 aromatic heterocycles. The zero-order valence-corrected chi connectivity index (χ0v) is 18.6. The lowest BCUT2D eigenvalue weighted by Crippen LogP contribution is -2.46. The van der Waals surface area contributed by atoms with E-state index in [0.29, 0.717) is 60.8 Å². The predicted octanol–water partition coefficient (Wildman–Crippen LogP) is 2.09. The Morgan fingerprint density at radius 2 is 1.88 bits per heavy atom. The SMILES string of the molecule is O=C1CCN(C(=O)C2=COCCO2)CCN(c2nc(-c3cc(Cl)cc(Cl)c3)no2)CCN1. The minimum absolute atomic E-state index is 0.123. The normalized spacial score (nSPS) is 17.7. The molecule has 2 aromatic rings. The molecule has 12 heteroatoms. The van der Waals surface area contributed by atoms with Crippen LogP contribution >= 0.6 is 23.2 Å². The van der Waals surface area contributed by atoms with Crippen molar-refractivity contribution in [3.05, 3.63) is 40.3 Å². The first-order valence-corrected chi connectivity index (χ1v) is 10.8. The standard InChI is InChI=1S/C20H21Cl2N5O5/c21-14-9-13(10-15(22)11-14)18-24-20(32-25-18)27-4-2-23-17(28)1-3-26(5-6-27)19(29)16-12-30-7-8-31-16/h9-12H,1-8H2,(H,23,28). The summed E-state index contributed by atoms with van der Waals surface area (Å²) in [5.41, 5.74) is 0.616. The summed E-state index contributed by atoms with van der Waals surface area (Å²) in [6.45, 7) is 2.50. The van der Waals surface area contributed by atoms with Crippen molar-refractivity contribution in [1.82, 2.24) is 20.4 Å². The summed E-state index contributed by atoms with van der Waals surface area (Å²) >= 11 is 12.1. The molecule has 32 heavy (non-hydrogen) atoms. The molecule has 170 valence electrons. The highest BCUT2D eigenvalue weighted by atomic mass is 35.5. The smallest absolute Gasteiger partial charge is 0.324 e. The molecule has 1 fully saturated rings. The summed E-state index contributed by atoms with van der Waals surface area (Å²) in [6, 6.07) is 5.25. The Labute approximate surface area is 194 Å². The van der Waals surface area contributed by atoms with Crippen LogP contribution in [-0.4, -0.2) is 72.8 Å². The van der Waals surface area contributed by atoms with Gasteiger partial charge in [-0.3, -0.25) is 9.59 Å². The molecule has 10 nitrogen and oxygen atoms in total. The lowest BCUT2D eigenvalue weighted by molar-refractivity contribution is -0.133. The number of hydrogen-bond acceptors (Lipinski definition) is 8. The molecule has 3 heterocycles. The van der Waals surface area contributed by atoms with Crippen LogP contribution in [0.15, 0.2) is 34.7 Å². The highest BCUT2D eigenvalue weighted by molar-refractivity contribution is 6.35. The number of rotatable bonds is 3. The third kappa shape index (κ3) is 5.43. The van der Waals surface area contributed by atoms with Gasteiger partial charge in [0.15, 0.2) is 0 Å². The number of amides is 2. The molecule has 1 aromatic carbocycles. The van der Waals surface area contributed by atoms with Crippen molar-refractivity contribution in [2.24, 2.45) is 0 Å². The number of nitrogens with zero attached hydrogens (tertiary/aromatic N) is 4. The second-order valence-corrected chi connectivity index (χ2v) is 8.01. The Balaban J connectivity index is 1.52. The zero-order valence-electron chi connectivity index (χ0n) is 17.1. The maximum atomic E-state index is 12.8. The first-order valence-electron chi connectivity index (χ1n) is 10.1. The van der Waals surface area contributed by atoms with E-state index in [1.807, 2.05) is 0 Å². The lowest BCUT2D eigenvalue weighted by Gasteiger charge is -2.29. The monoisotopic (exact) mass is 481 g/mol. The van der Waals surface area contributed by atoms with Crippen molar-refractivity contribution >= 4 is 41.0 Å². The first kappa shape index (κ1) is 22.2. The van der Waals surface area contributed by atoms with Gasteiger partial charge in [0, 0.05) is 54.8 Å². The zero-order chi connectivity index (χ0) is 22.5. The molecule has 2 aliphatic rings. The van der Waals surface area contributed by atoms with Gasteiger partial charge in [-0.25, -0.2) is 0 Å². The molecule has 0 saturated carbocycles. The van der Waals surface area contributed by atoms with Crippen molar-refractivity contribution < 1.29 is 23.6 Å². The Morgan fingerprint density at radius 1 is 1.06 bits per heavy atom. The van der Waals surface area contributed by atoms with Gasteiger partial charge in [0.25, 0.3) is 5.91 Å². The third-order valence-corrected chi connectivity index (χ3v) is 5.34. The summed E-state index contributed by atoms with van der Waals surface area (Å²) in [6.07, 6.45) is 1.50. The summed E-state index contributed by atoms with van der Waals surface area (Å²) in [5, 5.41) is 7.77. The molecule has 0 atom stereocenters. The minimum Gasteiger partial charge on any atom is -0.494 e. The van der Waals surface area contributed by atoms with Crippen LogP contribution in [0.4, 0.5) is 6.01 Å². The molecule has 2 amide bonds. The molecule has 1 N–H and O–H groups in total. The number of ether oxygens (including phenoxy) is 2.